The third kappa shape index (κ3) is 12.9. The quantitative estimate of drug-likeness (QED) is 0.704. The second-order valence-corrected chi connectivity index (χ2v) is 4.81. The van der Waals surface area contributed by atoms with Crippen molar-refractivity contribution in [2.24, 2.45) is 11.7 Å². The molecule has 0 radical (unpaired) electrons. The Morgan fingerprint density at radius 2 is 1.62 bits per heavy atom. The average Bonchev–Trinajstić information content (AvgIpc) is 1.98. The molecular formula is C11H23NO4. The van der Waals surface area contributed by atoms with Crippen LogP contribution in [0.1, 0.15) is 41.5 Å². The molecule has 1 atom stereocenters. The van der Waals surface area contributed by atoms with E-state index in [1.54, 1.807) is 13.8 Å². The van der Waals surface area contributed by atoms with Crippen molar-refractivity contribution < 1.29 is 19.4 Å². The van der Waals surface area contributed by atoms with Gasteiger partial charge in [0.25, 0.3) is 0 Å². The lowest BCUT2D eigenvalue weighted by atomic mass is 10.1. The Balaban J connectivity index is 0. The minimum atomic E-state index is -0.931. The second kappa shape index (κ2) is 7.22. The van der Waals surface area contributed by atoms with Crippen LogP contribution in [-0.2, 0) is 14.3 Å². The van der Waals surface area contributed by atoms with Crippen molar-refractivity contribution in [3.63, 3.8) is 0 Å². The summed E-state index contributed by atoms with van der Waals surface area (Å²) in [5, 5.41) is 8.23. The Labute approximate surface area is 97.0 Å². The molecule has 5 nitrogen and oxygen atoms in total. The lowest BCUT2D eigenvalue weighted by Gasteiger charge is -2.17. The first-order valence-corrected chi connectivity index (χ1v) is 5.15. The molecule has 0 aliphatic heterocycles. The molecule has 0 unspecified atom stereocenters. The highest BCUT2D eigenvalue weighted by Gasteiger charge is 2.14. The fourth-order valence-electron chi connectivity index (χ4n) is 0.716. The van der Waals surface area contributed by atoms with E-state index in [0.717, 1.165) is 0 Å². The molecule has 3 N–H and O–H groups in total. The van der Waals surface area contributed by atoms with Crippen LogP contribution >= 0.6 is 0 Å². The molecule has 0 aliphatic rings. The number of carbonyl (C=O) groups excluding carboxylic acids is 1. The summed E-state index contributed by atoms with van der Waals surface area (Å²) < 4.78 is 4.80. The van der Waals surface area contributed by atoms with Crippen LogP contribution in [-0.4, -0.2) is 28.7 Å². The highest BCUT2D eigenvalue weighted by Crippen LogP contribution is 2.05. The highest BCUT2D eigenvalue weighted by molar-refractivity contribution is 5.73. The summed E-state index contributed by atoms with van der Waals surface area (Å²) in [7, 11) is 0. The van der Waals surface area contributed by atoms with Gasteiger partial charge in [-0.1, -0.05) is 13.8 Å². The topological polar surface area (TPSA) is 89.6 Å². The van der Waals surface area contributed by atoms with Gasteiger partial charge in [-0.05, 0) is 26.7 Å². The third-order valence-electron chi connectivity index (χ3n) is 1.45. The zero-order chi connectivity index (χ0) is 13.5. The van der Waals surface area contributed by atoms with Crippen molar-refractivity contribution in [2.75, 3.05) is 0 Å². The zero-order valence-electron chi connectivity index (χ0n) is 10.9. The maximum atomic E-state index is 10.2. The number of carboxylic acids is 1. The SMILES string of the molecule is CC(=O)OC(C)(C)C.CC(C)[C@H](N)C(=O)O. The zero-order valence-corrected chi connectivity index (χ0v) is 10.9. The molecule has 0 bridgehead atoms. The number of rotatable bonds is 2. The summed E-state index contributed by atoms with van der Waals surface area (Å²) in [5.74, 6) is -1.13. The maximum absolute atomic E-state index is 10.2. The number of aliphatic carboxylic acids is 1. The van der Waals surface area contributed by atoms with E-state index in [1.165, 1.54) is 6.92 Å². The van der Waals surface area contributed by atoms with Crippen LogP contribution in [0.4, 0.5) is 0 Å². The van der Waals surface area contributed by atoms with Crippen LogP contribution in [0, 0.1) is 5.92 Å². The van der Waals surface area contributed by atoms with Crippen molar-refractivity contribution in [3.8, 4) is 0 Å². The second-order valence-electron chi connectivity index (χ2n) is 4.81. The highest BCUT2D eigenvalue weighted by atomic mass is 16.6. The van der Waals surface area contributed by atoms with E-state index in [-0.39, 0.29) is 17.5 Å². The minimum absolute atomic E-state index is 0.0208. The van der Waals surface area contributed by atoms with Crippen LogP contribution in [0.2, 0.25) is 0 Å². The standard InChI is InChI=1S/C6H12O2.C5H11NO2/c1-5(7)8-6(2,3)4;1-3(2)4(6)5(7)8/h1-4H3;3-4H,6H2,1-2H3,(H,7,8)/t;4-/m.0/s1. The van der Waals surface area contributed by atoms with Gasteiger partial charge in [0, 0.05) is 6.92 Å². The number of carbonyl (C=O) groups is 2. The Hall–Kier alpha value is -1.10. The number of carboxylic acid groups (broad SMARTS) is 1. The molecule has 16 heavy (non-hydrogen) atoms. The molecule has 0 saturated carbocycles. The van der Waals surface area contributed by atoms with Crippen molar-refractivity contribution in [2.45, 2.75) is 53.2 Å². The van der Waals surface area contributed by atoms with E-state index < -0.39 is 12.0 Å². The van der Waals surface area contributed by atoms with Gasteiger partial charge in [0.2, 0.25) is 0 Å². The third-order valence-corrected chi connectivity index (χ3v) is 1.45. The molecule has 5 heteroatoms. The van der Waals surface area contributed by atoms with Crippen LogP contribution < -0.4 is 5.73 Å². The summed E-state index contributed by atoms with van der Waals surface area (Å²) in [6.45, 7) is 10.5. The van der Waals surface area contributed by atoms with Crippen molar-refractivity contribution in [1.82, 2.24) is 0 Å². The van der Waals surface area contributed by atoms with Gasteiger partial charge in [0.1, 0.15) is 11.6 Å². The maximum Gasteiger partial charge on any atom is 0.320 e. The number of esters is 1. The molecule has 0 aromatic heterocycles. The predicted molar refractivity (Wildman–Crippen MR) is 62.0 cm³/mol. The first-order valence-electron chi connectivity index (χ1n) is 5.15. The lowest BCUT2D eigenvalue weighted by Crippen LogP contribution is -2.34. The fraction of sp³-hybridized carbons (Fsp3) is 0.818. The molecule has 0 amide bonds. The van der Waals surface area contributed by atoms with Gasteiger partial charge in [0.05, 0.1) is 0 Å². The molecule has 0 aromatic rings. The normalized spacial score (nSPS) is 12.5. The van der Waals surface area contributed by atoms with E-state index in [4.69, 9.17) is 15.6 Å². The van der Waals surface area contributed by atoms with Crippen molar-refractivity contribution in [1.29, 1.82) is 0 Å². The first kappa shape index (κ1) is 17.3. The number of ether oxygens (including phenoxy) is 1. The number of hydrogen-bond donors (Lipinski definition) is 2. The molecule has 0 aliphatic carbocycles. The first-order chi connectivity index (χ1) is 6.97. The molecule has 0 saturated heterocycles. The van der Waals surface area contributed by atoms with E-state index in [0.29, 0.717) is 0 Å². The summed E-state index contributed by atoms with van der Waals surface area (Å²) in [6, 6.07) is -0.713. The molecule has 96 valence electrons. The summed E-state index contributed by atoms with van der Waals surface area (Å²) in [5.41, 5.74) is 4.83. The van der Waals surface area contributed by atoms with Gasteiger partial charge < -0.3 is 15.6 Å². The van der Waals surface area contributed by atoms with Gasteiger partial charge in [-0.2, -0.15) is 0 Å². The molecule has 0 heterocycles. The Kier molecular flexibility index (Phi) is 7.81. The largest absolute Gasteiger partial charge is 0.480 e. The Morgan fingerprint density at radius 1 is 1.25 bits per heavy atom. The van der Waals surface area contributed by atoms with Gasteiger partial charge >= 0.3 is 11.9 Å². The smallest absolute Gasteiger partial charge is 0.320 e. The van der Waals surface area contributed by atoms with Crippen LogP contribution in [0.5, 0.6) is 0 Å². The van der Waals surface area contributed by atoms with E-state index in [1.807, 2.05) is 20.8 Å². The van der Waals surface area contributed by atoms with E-state index in [9.17, 15) is 9.59 Å². The molecule has 0 rings (SSSR count). The number of hydrogen-bond acceptors (Lipinski definition) is 4. The monoisotopic (exact) mass is 233 g/mol. The van der Waals surface area contributed by atoms with Crippen molar-refractivity contribution >= 4 is 11.9 Å². The van der Waals surface area contributed by atoms with Crippen LogP contribution in [0.3, 0.4) is 0 Å². The van der Waals surface area contributed by atoms with Crippen LogP contribution in [0.25, 0.3) is 0 Å². The molecule has 0 spiro atoms. The summed E-state index contributed by atoms with van der Waals surface area (Å²) in [6.07, 6.45) is 0. The van der Waals surface area contributed by atoms with E-state index >= 15 is 0 Å². The average molecular weight is 233 g/mol. The summed E-state index contributed by atoms with van der Waals surface area (Å²) in [4.78, 5) is 20.3. The lowest BCUT2D eigenvalue weighted by molar-refractivity contribution is -0.152. The minimum Gasteiger partial charge on any atom is -0.480 e. The molecular weight excluding hydrogens is 210 g/mol. The molecule has 0 fully saturated rings. The number of nitrogens with two attached hydrogens (primary N) is 1. The fourth-order valence-corrected chi connectivity index (χ4v) is 0.716. The van der Waals surface area contributed by atoms with Gasteiger partial charge in [-0.25, -0.2) is 0 Å². The van der Waals surface area contributed by atoms with Crippen molar-refractivity contribution in [3.05, 3.63) is 0 Å². The van der Waals surface area contributed by atoms with Crippen LogP contribution in [0.15, 0.2) is 0 Å². The Bertz CT molecular complexity index is 231. The predicted octanol–water partition coefficient (Wildman–Crippen LogP) is 1.40. The van der Waals surface area contributed by atoms with Gasteiger partial charge in [-0.3, -0.25) is 9.59 Å². The summed E-state index contributed by atoms with van der Waals surface area (Å²) >= 11 is 0. The van der Waals surface area contributed by atoms with Gasteiger partial charge in [0.15, 0.2) is 0 Å². The van der Waals surface area contributed by atoms with Gasteiger partial charge in [-0.15, -0.1) is 0 Å². The Morgan fingerprint density at radius 3 is 1.62 bits per heavy atom. The van der Waals surface area contributed by atoms with E-state index in [2.05, 4.69) is 0 Å². The molecule has 0 aromatic carbocycles.